The van der Waals surface area contributed by atoms with Crippen LogP contribution in [-0.4, -0.2) is 72.2 Å². The Morgan fingerprint density at radius 1 is 0.673 bits per heavy atom. The molecule has 258 valence electrons. The summed E-state index contributed by atoms with van der Waals surface area (Å²) in [5.74, 6) is -5.21. The van der Waals surface area contributed by atoms with Crippen LogP contribution in [0.1, 0.15) is 48.4 Å². The Morgan fingerprint density at radius 2 is 1.16 bits per heavy atom. The third-order valence-corrected chi connectivity index (χ3v) is 8.03. The van der Waals surface area contributed by atoms with Crippen molar-refractivity contribution in [3.8, 4) is 0 Å². The van der Waals surface area contributed by atoms with E-state index in [4.69, 9.17) is 23.7 Å². The molecular weight excluding hydrogens is 663 g/mol. The smallest absolute Gasteiger partial charge is 0.303 e. The number of hydrogen-bond acceptors (Lipinski definition) is 12. The SMILES string of the molecule is CC(=O)OC[C@H]1O[C@@H](Sc2cc(F)c(NC(=O)c3ccccc3)cc2NC(=O)c2ccccc2)[C@H](OC(C)=O)[C@@H](OC(C)=O)[C@H]1OC(C)=O. The van der Waals surface area contributed by atoms with Crippen LogP contribution in [0.5, 0.6) is 0 Å². The molecule has 2 N–H and O–H groups in total. The van der Waals surface area contributed by atoms with Crippen molar-refractivity contribution in [2.75, 3.05) is 17.2 Å². The minimum Gasteiger partial charge on any atom is -0.463 e. The molecule has 0 radical (unpaired) electrons. The van der Waals surface area contributed by atoms with Gasteiger partial charge in [-0.15, -0.1) is 0 Å². The van der Waals surface area contributed by atoms with Crippen LogP contribution in [0.2, 0.25) is 0 Å². The van der Waals surface area contributed by atoms with Gasteiger partial charge < -0.3 is 34.3 Å². The van der Waals surface area contributed by atoms with Gasteiger partial charge in [-0.25, -0.2) is 4.39 Å². The molecule has 3 aromatic carbocycles. The maximum absolute atomic E-state index is 15.7. The van der Waals surface area contributed by atoms with E-state index in [2.05, 4.69) is 10.6 Å². The highest BCUT2D eigenvalue weighted by molar-refractivity contribution is 8.00. The van der Waals surface area contributed by atoms with Crippen LogP contribution in [0, 0.1) is 5.82 Å². The van der Waals surface area contributed by atoms with Crippen LogP contribution in [0.3, 0.4) is 0 Å². The number of anilines is 2. The van der Waals surface area contributed by atoms with E-state index in [9.17, 15) is 28.8 Å². The van der Waals surface area contributed by atoms with Crippen molar-refractivity contribution in [3.63, 3.8) is 0 Å². The number of benzene rings is 3. The van der Waals surface area contributed by atoms with Crippen LogP contribution in [-0.2, 0) is 42.9 Å². The molecule has 0 bridgehead atoms. The van der Waals surface area contributed by atoms with Crippen molar-refractivity contribution in [1.29, 1.82) is 0 Å². The first kappa shape index (κ1) is 36.6. The van der Waals surface area contributed by atoms with Gasteiger partial charge in [0.25, 0.3) is 11.8 Å². The average Bonchev–Trinajstić information content (AvgIpc) is 3.05. The predicted molar refractivity (Wildman–Crippen MR) is 173 cm³/mol. The maximum atomic E-state index is 15.7. The highest BCUT2D eigenvalue weighted by Crippen LogP contribution is 2.42. The summed E-state index contributed by atoms with van der Waals surface area (Å²) in [6.45, 7) is 3.95. The summed E-state index contributed by atoms with van der Waals surface area (Å²) in [4.78, 5) is 74.5. The van der Waals surface area contributed by atoms with Crippen LogP contribution in [0.4, 0.5) is 15.8 Å². The van der Waals surface area contributed by atoms with Gasteiger partial charge in [-0.1, -0.05) is 48.2 Å². The van der Waals surface area contributed by atoms with Gasteiger partial charge in [-0.3, -0.25) is 28.8 Å². The molecule has 1 aliphatic heterocycles. The summed E-state index contributed by atoms with van der Waals surface area (Å²) in [6, 6.07) is 18.5. The summed E-state index contributed by atoms with van der Waals surface area (Å²) in [5, 5.41) is 5.22. The number of hydrogen-bond donors (Lipinski definition) is 2. The average molecular weight is 697 g/mol. The monoisotopic (exact) mass is 696 g/mol. The number of esters is 4. The summed E-state index contributed by atoms with van der Waals surface area (Å²) in [7, 11) is 0. The molecule has 5 atom stereocenters. The molecule has 0 unspecified atom stereocenters. The number of halogens is 1. The van der Waals surface area contributed by atoms with E-state index < -0.39 is 78.0 Å². The van der Waals surface area contributed by atoms with Crippen molar-refractivity contribution >= 4 is 58.8 Å². The Hall–Kier alpha value is -5.28. The minimum atomic E-state index is -1.46. The fraction of sp³-hybridized carbons (Fsp3) is 0.294. The van der Waals surface area contributed by atoms with Crippen LogP contribution < -0.4 is 10.6 Å². The lowest BCUT2D eigenvalue weighted by Gasteiger charge is -2.44. The Bertz CT molecular complexity index is 1710. The normalized spacial score (nSPS) is 19.9. The Labute approximate surface area is 284 Å². The molecule has 15 heteroatoms. The van der Waals surface area contributed by atoms with Crippen molar-refractivity contribution < 1.29 is 56.8 Å². The van der Waals surface area contributed by atoms with Crippen molar-refractivity contribution in [3.05, 3.63) is 89.7 Å². The third kappa shape index (κ3) is 10.1. The molecule has 1 fully saturated rings. The number of rotatable bonds is 11. The van der Waals surface area contributed by atoms with Gasteiger partial charge in [0.05, 0.1) is 11.4 Å². The van der Waals surface area contributed by atoms with E-state index in [0.29, 0.717) is 0 Å². The number of nitrogens with one attached hydrogen (secondary N) is 2. The van der Waals surface area contributed by atoms with Gasteiger partial charge in [-0.05, 0) is 36.4 Å². The van der Waals surface area contributed by atoms with E-state index in [-0.39, 0.29) is 27.4 Å². The van der Waals surface area contributed by atoms with Crippen LogP contribution >= 0.6 is 11.8 Å². The standard InChI is InChI=1S/C34H33FN2O11S/c1-18(38)44-17-27-29(45-19(2)39)30(46-20(3)40)31(47-21(4)41)34(48-27)49-28-15-24(35)25(36-32(42)22-11-7-5-8-12-22)16-26(28)37-33(43)23-13-9-6-10-14-23/h5-16,27,29-31,34H,17H2,1-4H3,(H,36,42)(H,37,43)/t27-,29+,30+,31-,34+/m1/s1. The number of amides is 2. The highest BCUT2D eigenvalue weighted by Gasteiger charge is 2.52. The van der Waals surface area contributed by atoms with E-state index >= 15 is 4.39 Å². The zero-order chi connectivity index (χ0) is 35.7. The lowest BCUT2D eigenvalue weighted by Crippen LogP contribution is -2.61. The fourth-order valence-corrected chi connectivity index (χ4v) is 6.02. The lowest BCUT2D eigenvalue weighted by atomic mass is 9.99. The van der Waals surface area contributed by atoms with E-state index in [1.807, 2.05) is 0 Å². The fourth-order valence-electron chi connectivity index (χ4n) is 4.82. The topological polar surface area (TPSA) is 173 Å². The summed E-state index contributed by atoms with van der Waals surface area (Å²) in [6.07, 6.45) is -5.57. The first-order valence-electron chi connectivity index (χ1n) is 14.9. The quantitative estimate of drug-likeness (QED) is 0.213. The second-order valence-corrected chi connectivity index (χ2v) is 11.8. The molecule has 13 nitrogen and oxygen atoms in total. The van der Waals surface area contributed by atoms with Gasteiger partial charge in [0, 0.05) is 43.7 Å². The molecule has 1 heterocycles. The van der Waals surface area contributed by atoms with Gasteiger partial charge in [-0.2, -0.15) is 0 Å². The lowest BCUT2D eigenvalue weighted by molar-refractivity contribution is -0.237. The number of thioether (sulfide) groups is 1. The van der Waals surface area contributed by atoms with E-state index in [1.165, 1.54) is 6.07 Å². The van der Waals surface area contributed by atoms with Crippen molar-refractivity contribution in [2.45, 2.75) is 62.4 Å². The molecule has 4 rings (SSSR count). The Balaban J connectivity index is 1.78. The molecule has 1 saturated heterocycles. The van der Waals surface area contributed by atoms with Gasteiger partial charge in [0.1, 0.15) is 24.0 Å². The van der Waals surface area contributed by atoms with Crippen molar-refractivity contribution in [2.24, 2.45) is 0 Å². The van der Waals surface area contributed by atoms with Crippen LogP contribution in [0.15, 0.2) is 77.7 Å². The first-order valence-corrected chi connectivity index (χ1v) is 15.7. The second kappa shape index (κ2) is 16.7. The molecule has 0 spiro atoms. The second-order valence-electron chi connectivity index (χ2n) is 10.7. The van der Waals surface area contributed by atoms with E-state index in [1.54, 1.807) is 60.7 Å². The molecule has 0 aliphatic carbocycles. The zero-order valence-electron chi connectivity index (χ0n) is 26.8. The van der Waals surface area contributed by atoms with Gasteiger partial charge in [0.2, 0.25) is 0 Å². The first-order chi connectivity index (χ1) is 23.3. The Morgan fingerprint density at radius 3 is 1.67 bits per heavy atom. The largest absolute Gasteiger partial charge is 0.463 e. The molecule has 0 saturated carbocycles. The maximum Gasteiger partial charge on any atom is 0.303 e. The summed E-state index contributed by atoms with van der Waals surface area (Å²) in [5.41, 5.74) is -1.03. The highest BCUT2D eigenvalue weighted by atomic mass is 32.2. The Kier molecular flexibility index (Phi) is 12.5. The van der Waals surface area contributed by atoms with Crippen LogP contribution in [0.25, 0.3) is 0 Å². The summed E-state index contributed by atoms with van der Waals surface area (Å²) >= 11 is 0.767. The number of carbonyl (C=O) groups excluding carboxylic acids is 6. The van der Waals surface area contributed by atoms with Gasteiger partial charge >= 0.3 is 23.9 Å². The van der Waals surface area contributed by atoms with E-state index in [0.717, 1.165) is 45.5 Å². The summed E-state index contributed by atoms with van der Waals surface area (Å²) < 4.78 is 43.4. The minimum absolute atomic E-state index is 0.0245. The molecule has 2 amide bonds. The number of carbonyl (C=O) groups is 6. The molecule has 3 aromatic rings. The van der Waals surface area contributed by atoms with Crippen molar-refractivity contribution in [1.82, 2.24) is 0 Å². The number of ether oxygens (including phenoxy) is 5. The van der Waals surface area contributed by atoms with Gasteiger partial charge in [0.15, 0.2) is 18.3 Å². The third-order valence-electron chi connectivity index (χ3n) is 6.83. The molecular formula is C34H33FN2O11S. The molecule has 49 heavy (non-hydrogen) atoms. The molecule has 1 aliphatic rings. The predicted octanol–water partition coefficient (Wildman–Crippen LogP) is 4.51. The molecule has 0 aromatic heterocycles. The zero-order valence-corrected chi connectivity index (χ0v) is 27.6.